The molecule has 2 aliphatic heterocycles. The third-order valence-corrected chi connectivity index (χ3v) is 5.20. The molecule has 1 saturated carbocycles. The van der Waals surface area contributed by atoms with Crippen LogP contribution in [0.1, 0.15) is 38.5 Å². The van der Waals surface area contributed by atoms with Gasteiger partial charge in [0.25, 0.3) is 0 Å². The zero-order chi connectivity index (χ0) is 14.2. The highest BCUT2D eigenvalue weighted by Gasteiger charge is 2.51. The van der Waals surface area contributed by atoms with E-state index in [9.17, 15) is 15.2 Å². The number of hydrogen-bond donors (Lipinski definition) is 1. The smallest absolute Gasteiger partial charge is 0.243 e. The van der Waals surface area contributed by atoms with Crippen LogP contribution in [0.3, 0.4) is 0 Å². The largest absolute Gasteiger partial charge is 0.390 e. The van der Waals surface area contributed by atoms with Crippen molar-refractivity contribution in [3.63, 3.8) is 0 Å². The van der Waals surface area contributed by atoms with Gasteiger partial charge < -0.3 is 14.7 Å². The second-order valence-electron chi connectivity index (χ2n) is 6.50. The number of nitrogens with zero attached hydrogens (tertiary/aromatic N) is 2. The van der Waals surface area contributed by atoms with Gasteiger partial charge in [0, 0.05) is 32.2 Å². The first-order valence-electron chi connectivity index (χ1n) is 7.60. The fraction of sp³-hybridized carbons (Fsp3) is 0.867. The normalized spacial score (nSPS) is 31.4. The van der Waals surface area contributed by atoms with Crippen LogP contribution in [0.5, 0.6) is 0 Å². The van der Waals surface area contributed by atoms with Crippen molar-refractivity contribution in [1.29, 1.82) is 5.26 Å². The Balaban J connectivity index is 1.71. The maximum absolute atomic E-state index is 12.8. The van der Waals surface area contributed by atoms with Crippen LogP contribution in [0.25, 0.3) is 0 Å². The summed E-state index contributed by atoms with van der Waals surface area (Å²) in [5.41, 5.74) is -1.43. The highest BCUT2D eigenvalue weighted by Crippen LogP contribution is 2.46. The van der Waals surface area contributed by atoms with E-state index in [2.05, 4.69) is 6.07 Å². The molecule has 3 rings (SSSR count). The molecular weight excluding hydrogens is 256 g/mol. The Morgan fingerprint density at radius 2 is 2.00 bits per heavy atom. The maximum atomic E-state index is 12.8. The lowest BCUT2D eigenvalue weighted by atomic mass is 9.79. The third-order valence-electron chi connectivity index (χ3n) is 5.20. The molecule has 110 valence electrons. The zero-order valence-electron chi connectivity index (χ0n) is 11.8. The number of carbonyl (C=O) groups is 1. The molecule has 0 radical (unpaired) electrons. The molecule has 5 heteroatoms. The Hall–Kier alpha value is -1.12. The van der Waals surface area contributed by atoms with E-state index in [1.54, 1.807) is 0 Å². The Morgan fingerprint density at radius 3 is 2.60 bits per heavy atom. The van der Waals surface area contributed by atoms with Crippen LogP contribution < -0.4 is 0 Å². The van der Waals surface area contributed by atoms with Gasteiger partial charge in [0.1, 0.15) is 5.41 Å². The number of amides is 1. The van der Waals surface area contributed by atoms with Crippen LogP contribution in [-0.2, 0) is 9.53 Å². The summed E-state index contributed by atoms with van der Waals surface area (Å²) in [5, 5.41) is 19.7. The van der Waals surface area contributed by atoms with Gasteiger partial charge in [0.05, 0.1) is 11.7 Å². The minimum Gasteiger partial charge on any atom is -0.390 e. The molecule has 3 aliphatic rings. The minimum atomic E-state index is -0.897. The second kappa shape index (κ2) is 5.01. The van der Waals surface area contributed by atoms with Gasteiger partial charge in [-0.3, -0.25) is 4.79 Å². The standard InChI is InChI=1S/C15H22N2O3/c16-11-14(5-8-20-9-6-14)13(18)17-7-1-2-12(10-17)15(19)3-4-15/h12,19H,1-10H2. The number of piperidine rings is 1. The van der Waals surface area contributed by atoms with Crippen LogP contribution in [0, 0.1) is 22.7 Å². The fourth-order valence-electron chi connectivity index (χ4n) is 3.53. The fourth-order valence-corrected chi connectivity index (χ4v) is 3.53. The zero-order valence-corrected chi connectivity index (χ0v) is 11.8. The van der Waals surface area contributed by atoms with Crippen molar-refractivity contribution < 1.29 is 14.6 Å². The predicted molar refractivity (Wildman–Crippen MR) is 71.6 cm³/mol. The first-order valence-corrected chi connectivity index (χ1v) is 7.60. The van der Waals surface area contributed by atoms with Gasteiger partial charge in [-0.2, -0.15) is 5.26 Å². The van der Waals surface area contributed by atoms with Crippen molar-refractivity contribution in [2.45, 2.75) is 44.1 Å². The molecule has 0 aromatic carbocycles. The summed E-state index contributed by atoms with van der Waals surface area (Å²) in [6.45, 7) is 2.30. The molecule has 20 heavy (non-hydrogen) atoms. The van der Waals surface area contributed by atoms with Gasteiger partial charge in [-0.05, 0) is 38.5 Å². The van der Waals surface area contributed by atoms with E-state index in [0.29, 0.717) is 32.6 Å². The number of hydrogen-bond acceptors (Lipinski definition) is 4. The van der Waals surface area contributed by atoms with E-state index < -0.39 is 11.0 Å². The van der Waals surface area contributed by atoms with E-state index in [0.717, 1.165) is 32.2 Å². The molecule has 5 nitrogen and oxygen atoms in total. The first-order chi connectivity index (χ1) is 9.60. The number of likely N-dealkylation sites (tertiary alicyclic amines) is 1. The van der Waals surface area contributed by atoms with Gasteiger partial charge in [-0.15, -0.1) is 0 Å². The Labute approximate surface area is 119 Å². The van der Waals surface area contributed by atoms with Gasteiger partial charge in [-0.25, -0.2) is 0 Å². The summed E-state index contributed by atoms with van der Waals surface area (Å²) in [6, 6.07) is 2.25. The molecule has 0 aromatic rings. The van der Waals surface area contributed by atoms with E-state index in [1.165, 1.54) is 0 Å². The Kier molecular flexibility index (Phi) is 3.47. The average Bonchev–Trinajstić information content (AvgIpc) is 3.26. The summed E-state index contributed by atoms with van der Waals surface area (Å²) < 4.78 is 5.29. The van der Waals surface area contributed by atoms with Crippen LogP contribution in [-0.4, -0.2) is 47.8 Å². The number of ether oxygens (including phenoxy) is 1. The molecule has 1 N–H and O–H groups in total. The maximum Gasteiger partial charge on any atom is 0.243 e. The van der Waals surface area contributed by atoms with Crippen molar-refractivity contribution in [2.75, 3.05) is 26.3 Å². The van der Waals surface area contributed by atoms with Crippen molar-refractivity contribution in [2.24, 2.45) is 11.3 Å². The second-order valence-corrected chi connectivity index (χ2v) is 6.50. The topological polar surface area (TPSA) is 73.6 Å². The van der Waals surface area contributed by atoms with Crippen molar-refractivity contribution >= 4 is 5.91 Å². The number of aliphatic hydroxyl groups is 1. The van der Waals surface area contributed by atoms with Crippen LogP contribution >= 0.6 is 0 Å². The molecule has 0 aromatic heterocycles. The third kappa shape index (κ3) is 2.32. The van der Waals surface area contributed by atoms with E-state index in [-0.39, 0.29) is 11.8 Å². The van der Waals surface area contributed by atoms with E-state index in [1.807, 2.05) is 4.90 Å². The molecule has 1 amide bonds. The number of nitriles is 1. The predicted octanol–water partition coefficient (Wildman–Crippen LogP) is 1.07. The van der Waals surface area contributed by atoms with Gasteiger partial charge in [0.15, 0.2) is 0 Å². The first kappa shape index (κ1) is 13.8. The van der Waals surface area contributed by atoms with E-state index >= 15 is 0 Å². The summed E-state index contributed by atoms with van der Waals surface area (Å²) in [4.78, 5) is 14.6. The highest BCUT2D eigenvalue weighted by molar-refractivity contribution is 5.85. The van der Waals surface area contributed by atoms with Crippen LogP contribution in [0.15, 0.2) is 0 Å². The number of carbonyl (C=O) groups excluding carboxylic acids is 1. The lowest BCUT2D eigenvalue weighted by Crippen LogP contribution is -2.51. The van der Waals surface area contributed by atoms with Crippen molar-refractivity contribution in [1.82, 2.24) is 4.90 Å². The highest BCUT2D eigenvalue weighted by atomic mass is 16.5. The van der Waals surface area contributed by atoms with Crippen molar-refractivity contribution in [3.05, 3.63) is 0 Å². The van der Waals surface area contributed by atoms with Crippen LogP contribution in [0.2, 0.25) is 0 Å². The Morgan fingerprint density at radius 1 is 1.30 bits per heavy atom. The Bertz CT molecular complexity index is 433. The molecule has 3 fully saturated rings. The van der Waals surface area contributed by atoms with Crippen LogP contribution in [0.4, 0.5) is 0 Å². The summed E-state index contributed by atoms with van der Waals surface area (Å²) in [6.07, 6.45) is 4.62. The average molecular weight is 278 g/mol. The van der Waals surface area contributed by atoms with Gasteiger partial charge >= 0.3 is 0 Å². The monoisotopic (exact) mass is 278 g/mol. The molecule has 0 spiro atoms. The van der Waals surface area contributed by atoms with Crippen molar-refractivity contribution in [3.8, 4) is 6.07 Å². The lowest BCUT2D eigenvalue weighted by Gasteiger charge is -2.40. The van der Waals surface area contributed by atoms with E-state index in [4.69, 9.17) is 4.74 Å². The molecule has 0 bridgehead atoms. The summed E-state index contributed by atoms with van der Waals surface area (Å²) in [7, 11) is 0. The summed E-state index contributed by atoms with van der Waals surface area (Å²) in [5.74, 6) is 0.146. The SMILES string of the molecule is N#CC1(C(=O)N2CCCC(C3(O)CC3)C2)CCOCC1. The molecule has 1 atom stereocenters. The molecule has 1 aliphatic carbocycles. The summed E-state index contributed by atoms with van der Waals surface area (Å²) >= 11 is 0. The van der Waals surface area contributed by atoms with Gasteiger partial charge in [0.2, 0.25) is 5.91 Å². The quantitative estimate of drug-likeness (QED) is 0.820. The molecule has 2 saturated heterocycles. The molecule has 1 unspecified atom stereocenters. The number of rotatable bonds is 2. The van der Waals surface area contributed by atoms with Gasteiger partial charge in [-0.1, -0.05) is 0 Å². The minimum absolute atomic E-state index is 0.0442. The lowest BCUT2D eigenvalue weighted by molar-refractivity contribution is -0.146. The molecular formula is C15H22N2O3. The molecule has 2 heterocycles.